The van der Waals surface area contributed by atoms with E-state index in [1.54, 1.807) is 31.2 Å². The molecule has 0 spiro atoms. The highest BCUT2D eigenvalue weighted by Crippen LogP contribution is 2.24. The van der Waals surface area contributed by atoms with Crippen LogP contribution in [0.3, 0.4) is 0 Å². The van der Waals surface area contributed by atoms with Crippen LogP contribution in [0.5, 0.6) is 0 Å². The van der Waals surface area contributed by atoms with E-state index in [-0.39, 0.29) is 16.1 Å². The van der Waals surface area contributed by atoms with Gasteiger partial charge >= 0.3 is 0 Å². The molecule has 1 amide bonds. The number of aromatic nitrogens is 3. The van der Waals surface area contributed by atoms with Crippen molar-refractivity contribution in [3.63, 3.8) is 0 Å². The Morgan fingerprint density at radius 2 is 1.89 bits per heavy atom. The van der Waals surface area contributed by atoms with Gasteiger partial charge in [-0.15, -0.1) is 10.2 Å². The van der Waals surface area contributed by atoms with Gasteiger partial charge in [-0.3, -0.25) is 9.20 Å². The van der Waals surface area contributed by atoms with Crippen molar-refractivity contribution in [3.05, 3.63) is 18.3 Å². The fraction of sp³-hybridized carbons (Fsp3) is 0.588. The highest BCUT2D eigenvalue weighted by Gasteiger charge is 2.24. The van der Waals surface area contributed by atoms with Gasteiger partial charge in [0.2, 0.25) is 15.9 Å². The van der Waals surface area contributed by atoms with Gasteiger partial charge in [0, 0.05) is 25.8 Å². The third-order valence-electron chi connectivity index (χ3n) is 4.02. The number of thioether (sulfide) groups is 1. The standard InChI is InChI=1S/C17H27N5O3S2/c1-6-21(7-2)27(24,25)14-8-9-15-19-20-17(22(15)11-14)26-13(5)16(23)18-10-12(3)4/h8-9,11-13H,6-7,10H2,1-5H3,(H,18,23)/t13-/m0/s1. The third kappa shape index (κ3) is 4.99. The molecule has 0 bridgehead atoms. The molecule has 0 saturated heterocycles. The van der Waals surface area contributed by atoms with Crippen molar-refractivity contribution >= 4 is 33.3 Å². The van der Waals surface area contributed by atoms with Gasteiger partial charge in [0.1, 0.15) is 0 Å². The Balaban J connectivity index is 2.28. The van der Waals surface area contributed by atoms with Gasteiger partial charge in [0.15, 0.2) is 10.8 Å². The van der Waals surface area contributed by atoms with E-state index in [0.717, 1.165) is 0 Å². The number of sulfonamides is 1. The van der Waals surface area contributed by atoms with Crippen LogP contribution in [0.25, 0.3) is 5.65 Å². The molecule has 0 aliphatic carbocycles. The third-order valence-corrected chi connectivity index (χ3v) is 7.11. The summed E-state index contributed by atoms with van der Waals surface area (Å²) in [6, 6.07) is 3.15. The molecule has 8 nitrogen and oxygen atoms in total. The van der Waals surface area contributed by atoms with Crippen LogP contribution in [0.2, 0.25) is 0 Å². The Kier molecular flexibility index (Phi) is 7.24. The summed E-state index contributed by atoms with van der Waals surface area (Å²) in [4.78, 5) is 12.4. The van der Waals surface area contributed by atoms with Crippen molar-refractivity contribution in [1.82, 2.24) is 24.2 Å². The van der Waals surface area contributed by atoms with Gasteiger partial charge in [-0.2, -0.15) is 4.31 Å². The highest BCUT2D eigenvalue weighted by atomic mass is 32.2. The molecule has 27 heavy (non-hydrogen) atoms. The summed E-state index contributed by atoms with van der Waals surface area (Å²) in [6.45, 7) is 10.9. The molecule has 10 heteroatoms. The van der Waals surface area contributed by atoms with Crippen molar-refractivity contribution in [1.29, 1.82) is 0 Å². The van der Waals surface area contributed by atoms with Gasteiger partial charge in [-0.05, 0) is 25.0 Å². The van der Waals surface area contributed by atoms with Gasteiger partial charge in [-0.25, -0.2) is 8.42 Å². The normalized spacial score (nSPS) is 13.4. The number of amides is 1. The number of rotatable bonds is 9. The summed E-state index contributed by atoms with van der Waals surface area (Å²) < 4.78 is 28.5. The number of nitrogens with zero attached hydrogens (tertiary/aromatic N) is 4. The van der Waals surface area contributed by atoms with Crippen LogP contribution in [0, 0.1) is 5.92 Å². The van der Waals surface area contributed by atoms with Gasteiger partial charge in [0.25, 0.3) is 0 Å². The van der Waals surface area contributed by atoms with Crippen molar-refractivity contribution in [2.24, 2.45) is 5.92 Å². The first-order valence-electron chi connectivity index (χ1n) is 9.00. The summed E-state index contributed by atoms with van der Waals surface area (Å²) in [7, 11) is -3.58. The molecule has 0 saturated carbocycles. The molecule has 150 valence electrons. The van der Waals surface area contributed by atoms with Crippen molar-refractivity contribution in [2.75, 3.05) is 19.6 Å². The van der Waals surface area contributed by atoms with Crippen LogP contribution in [0.1, 0.15) is 34.6 Å². The molecule has 0 unspecified atom stereocenters. The van der Waals surface area contributed by atoms with E-state index in [9.17, 15) is 13.2 Å². The number of hydrogen-bond acceptors (Lipinski definition) is 6. The van der Waals surface area contributed by atoms with E-state index in [4.69, 9.17) is 0 Å². The van der Waals surface area contributed by atoms with E-state index in [1.807, 2.05) is 13.8 Å². The minimum Gasteiger partial charge on any atom is -0.355 e. The number of hydrogen-bond donors (Lipinski definition) is 1. The molecule has 0 aromatic carbocycles. The van der Waals surface area contributed by atoms with Crippen molar-refractivity contribution in [2.45, 2.75) is 49.9 Å². The fourth-order valence-electron chi connectivity index (χ4n) is 2.46. The van der Waals surface area contributed by atoms with Gasteiger partial charge in [-0.1, -0.05) is 39.5 Å². The quantitative estimate of drug-likeness (QED) is 0.632. The largest absolute Gasteiger partial charge is 0.355 e. The maximum Gasteiger partial charge on any atom is 0.244 e. The Hall–Kier alpha value is -1.65. The van der Waals surface area contributed by atoms with E-state index in [2.05, 4.69) is 15.5 Å². The predicted molar refractivity (Wildman–Crippen MR) is 106 cm³/mol. The first kappa shape index (κ1) is 21.6. The van der Waals surface area contributed by atoms with Crippen LogP contribution >= 0.6 is 11.8 Å². The number of nitrogens with one attached hydrogen (secondary N) is 1. The molecule has 0 aliphatic rings. The molecule has 0 radical (unpaired) electrons. The van der Waals surface area contributed by atoms with Crippen LogP contribution in [-0.4, -0.2) is 58.1 Å². The topological polar surface area (TPSA) is 96.7 Å². The zero-order chi connectivity index (χ0) is 20.2. The molecule has 1 atom stereocenters. The summed E-state index contributed by atoms with van der Waals surface area (Å²) in [5.41, 5.74) is 0.533. The average Bonchev–Trinajstić information content (AvgIpc) is 3.02. The summed E-state index contributed by atoms with van der Waals surface area (Å²) >= 11 is 1.25. The Morgan fingerprint density at radius 1 is 1.22 bits per heavy atom. The lowest BCUT2D eigenvalue weighted by atomic mass is 10.2. The molecule has 2 aromatic rings. The second-order valence-corrected chi connectivity index (χ2v) is 9.81. The second-order valence-electron chi connectivity index (χ2n) is 6.56. The van der Waals surface area contributed by atoms with E-state index in [0.29, 0.717) is 36.4 Å². The molecule has 2 heterocycles. The molecule has 0 fully saturated rings. The fourth-order valence-corrected chi connectivity index (χ4v) is 4.77. The monoisotopic (exact) mass is 413 g/mol. The first-order chi connectivity index (χ1) is 12.7. The first-order valence-corrected chi connectivity index (χ1v) is 11.3. The maximum absolute atomic E-state index is 12.8. The molecular formula is C17H27N5O3S2. The van der Waals surface area contributed by atoms with Gasteiger partial charge < -0.3 is 5.32 Å². The lowest BCUT2D eigenvalue weighted by Gasteiger charge is -2.18. The lowest BCUT2D eigenvalue weighted by molar-refractivity contribution is -0.120. The molecule has 2 rings (SSSR count). The summed E-state index contributed by atoms with van der Waals surface area (Å²) in [5.74, 6) is 0.283. The smallest absolute Gasteiger partial charge is 0.244 e. The second kappa shape index (κ2) is 9.03. The van der Waals surface area contributed by atoms with E-state index >= 15 is 0 Å². The average molecular weight is 414 g/mol. The van der Waals surface area contributed by atoms with Gasteiger partial charge in [0.05, 0.1) is 10.1 Å². The maximum atomic E-state index is 12.8. The summed E-state index contributed by atoms with van der Waals surface area (Å²) in [6.07, 6.45) is 1.52. The number of fused-ring (bicyclic) bond motifs is 1. The molecular weight excluding hydrogens is 386 g/mol. The number of pyridine rings is 1. The van der Waals surface area contributed by atoms with Crippen molar-refractivity contribution in [3.8, 4) is 0 Å². The van der Waals surface area contributed by atoms with Crippen LogP contribution in [-0.2, 0) is 14.8 Å². The molecule has 0 aliphatic heterocycles. The lowest BCUT2D eigenvalue weighted by Crippen LogP contribution is -2.33. The van der Waals surface area contributed by atoms with Crippen LogP contribution in [0.4, 0.5) is 0 Å². The number of carbonyl (C=O) groups excluding carboxylic acids is 1. The van der Waals surface area contributed by atoms with E-state index in [1.165, 1.54) is 28.3 Å². The highest BCUT2D eigenvalue weighted by molar-refractivity contribution is 8.00. The van der Waals surface area contributed by atoms with Crippen LogP contribution < -0.4 is 5.32 Å². The Labute approximate surface area is 164 Å². The Morgan fingerprint density at radius 3 is 2.48 bits per heavy atom. The number of carbonyl (C=O) groups is 1. The molecule has 1 N–H and O–H groups in total. The minimum absolute atomic E-state index is 0.0858. The molecule has 2 aromatic heterocycles. The minimum atomic E-state index is -3.58. The zero-order valence-corrected chi connectivity index (χ0v) is 18.0. The van der Waals surface area contributed by atoms with Crippen LogP contribution in [0.15, 0.2) is 28.4 Å². The predicted octanol–water partition coefficient (Wildman–Crippen LogP) is 2.01. The zero-order valence-electron chi connectivity index (χ0n) is 16.3. The summed E-state index contributed by atoms with van der Waals surface area (Å²) in [5, 5.41) is 11.2. The van der Waals surface area contributed by atoms with E-state index < -0.39 is 10.0 Å². The SMILES string of the molecule is CCN(CC)S(=O)(=O)c1ccc2nnc(S[C@@H](C)C(=O)NCC(C)C)n2c1. The van der Waals surface area contributed by atoms with Crippen molar-refractivity contribution < 1.29 is 13.2 Å². The Bertz CT molecular complexity index is 891.